The zero-order valence-electron chi connectivity index (χ0n) is 17.9. The van der Waals surface area contributed by atoms with Gasteiger partial charge in [-0.05, 0) is 37.7 Å². The zero-order valence-corrected chi connectivity index (χ0v) is 17.9. The Bertz CT molecular complexity index is 427. The number of unbranched alkanes of at least 4 members (excludes halogenated alkanes) is 12. The lowest BCUT2D eigenvalue weighted by Gasteiger charge is -2.07. The first-order valence-electron chi connectivity index (χ1n) is 11.6. The van der Waals surface area contributed by atoms with Gasteiger partial charge in [-0.25, -0.2) is 0 Å². The Balaban J connectivity index is 1.72. The van der Waals surface area contributed by atoms with E-state index in [2.05, 4.69) is 60.3 Å². The van der Waals surface area contributed by atoms with Crippen LogP contribution in [-0.4, -0.2) is 6.54 Å². The van der Waals surface area contributed by atoms with Gasteiger partial charge in [0.05, 0.1) is 0 Å². The molecule has 1 rings (SSSR count). The van der Waals surface area contributed by atoms with Crippen molar-refractivity contribution in [2.45, 2.75) is 103 Å². The van der Waals surface area contributed by atoms with Crippen molar-refractivity contribution in [3.63, 3.8) is 0 Å². The second-order valence-electron chi connectivity index (χ2n) is 7.70. The molecule has 0 heterocycles. The normalized spacial score (nSPS) is 11.4. The summed E-state index contributed by atoms with van der Waals surface area (Å²) in [4.78, 5) is 0. The average molecular weight is 373 g/mol. The summed E-state index contributed by atoms with van der Waals surface area (Å²) < 4.78 is 0. The minimum Gasteiger partial charge on any atom is -0.258 e. The highest BCUT2D eigenvalue weighted by molar-refractivity contribution is 5.13. The molecule has 154 valence electrons. The van der Waals surface area contributed by atoms with E-state index in [1.165, 1.54) is 95.5 Å². The molecule has 27 heavy (non-hydrogen) atoms. The van der Waals surface area contributed by atoms with Gasteiger partial charge < -0.3 is 0 Å². The molecule has 2 N–H and O–H groups in total. The lowest BCUT2D eigenvalue weighted by atomic mass is 10.1. The predicted molar refractivity (Wildman–Crippen MR) is 121 cm³/mol. The van der Waals surface area contributed by atoms with Gasteiger partial charge in [0, 0.05) is 13.1 Å². The standard InChI is InChI=1S/C25H44N2/c1-2-3-4-5-6-7-8-9-10-11-12-13-14-15-16-20-23-26-27-24-25-21-18-17-19-22-25/h9-10,17-19,21-22,26-27H,2-8,11-16,20,23-24H2,1H3/b10-9-. The van der Waals surface area contributed by atoms with Gasteiger partial charge >= 0.3 is 0 Å². The Morgan fingerprint density at radius 1 is 0.630 bits per heavy atom. The van der Waals surface area contributed by atoms with E-state index in [9.17, 15) is 0 Å². The fraction of sp³-hybridized carbons (Fsp3) is 0.680. The van der Waals surface area contributed by atoms with Crippen molar-refractivity contribution in [2.75, 3.05) is 6.54 Å². The largest absolute Gasteiger partial charge is 0.258 e. The third kappa shape index (κ3) is 16.8. The van der Waals surface area contributed by atoms with Crippen LogP contribution in [0, 0.1) is 0 Å². The van der Waals surface area contributed by atoms with Crippen molar-refractivity contribution >= 4 is 0 Å². The van der Waals surface area contributed by atoms with E-state index < -0.39 is 0 Å². The molecule has 0 aliphatic heterocycles. The Labute approximate surface area is 169 Å². The van der Waals surface area contributed by atoms with E-state index in [4.69, 9.17) is 0 Å². The van der Waals surface area contributed by atoms with Gasteiger partial charge in [-0.2, -0.15) is 0 Å². The summed E-state index contributed by atoms with van der Waals surface area (Å²) in [7, 11) is 0. The van der Waals surface area contributed by atoms with E-state index in [0.717, 1.165) is 13.1 Å². The Morgan fingerprint density at radius 3 is 1.81 bits per heavy atom. The average Bonchev–Trinajstić information content (AvgIpc) is 2.70. The Morgan fingerprint density at radius 2 is 1.19 bits per heavy atom. The molecule has 0 saturated carbocycles. The second kappa shape index (κ2) is 19.6. The van der Waals surface area contributed by atoms with Crippen molar-refractivity contribution in [1.29, 1.82) is 0 Å². The van der Waals surface area contributed by atoms with Crippen LogP contribution in [0.4, 0.5) is 0 Å². The molecule has 0 aliphatic rings. The van der Waals surface area contributed by atoms with Crippen LogP contribution >= 0.6 is 0 Å². The van der Waals surface area contributed by atoms with Gasteiger partial charge in [0.2, 0.25) is 0 Å². The predicted octanol–water partition coefficient (Wildman–Crippen LogP) is 7.32. The first-order chi connectivity index (χ1) is 13.4. The molecule has 2 nitrogen and oxygen atoms in total. The van der Waals surface area contributed by atoms with Crippen molar-refractivity contribution in [3.8, 4) is 0 Å². The van der Waals surface area contributed by atoms with Crippen LogP contribution in [0.3, 0.4) is 0 Å². The second-order valence-corrected chi connectivity index (χ2v) is 7.70. The molecule has 2 heteroatoms. The molecule has 0 aromatic heterocycles. The third-order valence-corrected chi connectivity index (χ3v) is 5.07. The summed E-state index contributed by atoms with van der Waals surface area (Å²) in [5.74, 6) is 0. The Hall–Kier alpha value is -1.12. The molecule has 1 aromatic carbocycles. The smallest absolute Gasteiger partial charge is 0.0351 e. The van der Waals surface area contributed by atoms with E-state index in [-0.39, 0.29) is 0 Å². The Kier molecular flexibility index (Phi) is 17.4. The lowest BCUT2D eigenvalue weighted by molar-refractivity contribution is 0.498. The monoisotopic (exact) mass is 372 g/mol. The summed E-state index contributed by atoms with van der Waals surface area (Å²) in [5.41, 5.74) is 7.95. The van der Waals surface area contributed by atoms with E-state index >= 15 is 0 Å². The summed E-state index contributed by atoms with van der Waals surface area (Å²) in [5, 5.41) is 0. The summed E-state index contributed by atoms with van der Waals surface area (Å²) in [6.45, 7) is 4.24. The van der Waals surface area contributed by atoms with Gasteiger partial charge in [-0.1, -0.05) is 107 Å². The molecule has 1 aromatic rings. The van der Waals surface area contributed by atoms with Gasteiger partial charge in [0.1, 0.15) is 0 Å². The van der Waals surface area contributed by atoms with Crippen LogP contribution in [0.5, 0.6) is 0 Å². The molecule has 0 radical (unpaired) electrons. The van der Waals surface area contributed by atoms with E-state index in [1.54, 1.807) is 0 Å². The van der Waals surface area contributed by atoms with Crippen molar-refractivity contribution in [2.24, 2.45) is 0 Å². The molecule has 0 atom stereocenters. The summed E-state index contributed by atoms with van der Waals surface area (Å²) in [6.07, 6.45) is 23.9. The van der Waals surface area contributed by atoms with Crippen LogP contribution < -0.4 is 10.9 Å². The summed E-state index contributed by atoms with van der Waals surface area (Å²) in [6, 6.07) is 10.5. The van der Waals surface area contributed by atoms with Crippen LogP contribution in [-0.2, 0) is 6.54 Å². The fourth-order valence-electron chi connectivity index (χ4n) is 3.31. The minimum atomic E-state index is 0.896. The van der Waals surface area contributed by atoms with Gasteiger partial charge in [0.25, 0.3) is 0 Å². The molecule has 0 unspecified atom stereocenters. The summed E-state index contributed by atoms with van der Waals surface area (Å²) >= 11 is 0. The lowest BCUT2D eigenvalue weighted by Crippen LogP contribution is -2.31. The van der Waals surface area contributed by atoms with E-state index in [0.29, 0.717) is 0 Å². The van der Waals surface area contributed by atoms with Gasteiger partial charge in [-0.15, -0.1) is 0 Å². The van der Waals surface area contributed by atoms with Crippen LogP contribution in [0.15, 0.2) is 42.5 Å². The van der Waals surface area contributed by atoms with Crippen LogP contribution in [0.2, 0.25) is 0 Å². The number of hydrogen-bond donors (Lipinski definition) is 2. The topological polar surface area (TPSA) is 24.1 Å². The van der Waals surface area contributed by atoms with E-state index in [1.807, 2.05) is 0 Å². The van der Waals surface area contributed by atoms with Crippen molar-refractivity contribution in [1.82, 2.24) is 10.9 Å². The van der Waals surface area contributed by atoms with Crippen molar-refractivity contribution < 1.29 is 0 Å². The fourth-order valence-corrected chi connectivity index (χ4v) is 3.31. The first kappa shape index (κ1) is 23.9. The molecular formula is C25H44N2. The van der Waals surface area contributed by atoms with Gasteiger partial charge in [-0.3, -0.25) is 10.9 Å². The highest BCUT2D eigenvalue weighted by atomic mass is 15.3. The number of allylic oxidation sites excluding steroid dienone is 2. The molecule has 0 spiro atoms. The number of benzene rings is 1. The molecular weight excluding hydrogens is 328 g/mol. The number of nitrogens with one attached hydrogen (secondary N) is 2. The number of hydrazine groups is 1. The highest BCUT2D eigenvalue weighted by Gasteiger charge is 1.93. The number of hydrogen-bond acceptors (Lipinski definition) is 2. The maximum absolute atomic E-state index is 3.32. The zero-order chi connectivity index (χ0) is 19.3. The van der Waals surface area contributed by atoms with Crippen LogP contribution in [0.25, 0.3) is 0 Å². The van der Waals surface area contributed by atoms with Gasteiger partial charge in [0.15, 0.2) is 0 Å². The highest BCUT2D eigenvalue weighted by Crippen LogP contribution is 2.09. The SMILES string of the molecule is CCCCCCCC/C=C\CCCCCCCCNNCc1ccccc1. The molecule has 0 aliphatic carbocycles. The minimum absolute atomic E-state index is 0.896. The third-order valence-electron chi connectivity index (χ3n) is 5.07. The molecule has 0 fully saturated rings. The molecule has 0 amide bonds. The maximum atomic E-state index is 3.32. The maximum Gasteiger partial charge on any atom is 0.0351 e. The number of rotatable bonds is 19. The van der Waals surface area contributed by atoms with Crippen LogP contribution in [0.1, 0.15) is 102 Å². The first-order valence-corrected chi connectivity index (χ1v) is 11.6. The molecule has 0 saturated heterocycles. The quantitative estimate of drug-likeness (QED) is 0.151. The molecule has 0 bridgehead atoms. The van der Waals surface area contributed by atoms with Crippen molar-refractivity contribution in [3.05, 3.63) is 48.0 Å².